The van der Waals surface area contributed by atoms with Crippen LogP contribution in [0.15, 0.2) is 30.3 Å². The average molecular weight is 581 g/mol. The highest BCUT2D eigenvalue weighted by Gasteiger charge is 2.50. The van der Waals surface area contributed by atoms with Gasteiger partial charge in [0.1, 0.15) is 11.9 Å². The quantitative estimate of drug-likeness (QED) is 0.462. The van der Waals surface area contributed by atoms with E-state index in [0.29, 0.717) is 13.2 Å². The van der Waals surface area contributed by atoms with E-state index in [2.05, 4.69) is 47.6 Å². The number of likely N-dealkylation sites (tertiary alicyclic amines) is 1. The molecule has 2 aliphatic rings. The van der Waals surface area contributed by atoms with Crippen LogP contribution in [0.3, 0.4) is 0 Å². The monoisotopic (exact) mass is 580 g/mol. The molecule has 2 saturated heterocycles. The Morgan fingerprint density at radius 1 is 1.21 bits per heavy atom. The van der Waals surface area contributed by atoms with E-state index >= 15 is 0 Å². The number of imidazole rings is 1. The summed E-state index contributed by atoms with van der Waals surface area (Å²) in [4.78, 5) is 36.4. The topological polar surface area (TPSA) is 96.6 Å². The number of carbonyl (C=O) groups excluding carboxylic acids is 2. The second-order valence-corrected chi connectivity index (χ2v) is 10.5. The number of alkyl carbamates (subject to hydrolysis) is 1. The number of amides is 2. The molecule has 2 N–H and O–H groups in total. The van der Waals surface area contributed by atoms with Gasteiger partial charge in [0.05, 0.1) is 30.8 Å². The highest BCUT2D eigenvalue weighted by Crippen LogP contribution is 2.47. The summed E-state index contributed by atoms with van der Waals surface area (Å²) in [6, 6.07) is 9.63. The fourth-order valence-electron chi connectivity index (χ4n) is 5.70. The Morgan fingerprint density at radius 2 is 1.97 bits per heavy atom. The summed E-state index contributed by atoms with van der Waals surface area (Å²) in [6.45, 7) is 7.92. The lowest BCUT2D eigenvalue weighted by atomic mass is 9.80. The van der Waals surface area contributed by atoms with Crippen LogP contribution in [0.25, 0.3) is 21.8 Å². The van der Waals surface area contributed by atoms with Crippen molar-refractivity contribution in [2.24, 2.45) is 11.3 Å². The standard InChI is InChI=1S/C27H34N4O4.3H2S/c1-16(2)22(30-26(33)34-4)25(32)31-14-27(10-5-11-35-15-27)13-21(31)24-28-20-9-7-18-12-17(3)6-8-19(18)23(20)29-24;;;/h6-9,12,16,21-22H,5,10-11,13-15H2,1-4H3,(H,28,29)(H,30,33);3*1H2/t21-,22-,27-;;;/m0.../s1. The van der Waals surface area contributed by atoms with Crippen LogP contribution in [-0.2, 0) is 14.3 Å². The third-order valence-electron chi connectivity index (χ3n) is 7.54. The molecule has 210 valence electrons. The van der Waals surface area contributed by atoms with E-state index in [1.165, 1.54) is 12.7 Å². The van der Waals surface area contributed by atoms with Crippen LogP contribution in [0.5, 0.6) is 0 Å². The first kappa shape index (κ1) is 32.1. The number of methoxy groups -OCH3 is 1. The van der Waals surface area contributed by atoms with Gasteiger partial charge in [-0.25, -0.2) is 9.78 Å². The Labute approximate surface area is 244 Å². The van der Waals surface area contributed by atoms with Crippen LogP contribution < -0.4 is 5.32 Å². The third-order valence-corrected chi connectivity index (χ3v) is 7.54. The van der Waals surface area contributed by atoms with E-state index in [9.17, 15) is 9.59 Å². The number of ether oxygens (including phenoxy) is 2. The molecule has 3 atom stereocenters. The Hall–Kier alpha value is -2.08. The Kier molecular flexibility index (Phi) is 10.9. The summed E-state index contributed by atoms with van der Waals surface area (Å²) in [7, 11) is 1.31. The first-order valence-corrected chi connectivity index (χ1v) is 12.4. The molecule has 0 aliphatic carbocycles. The van der Waals surface area contributed by atoms with E-state index in [1.54, 1.807) is 0 Å². The van der Waals surface area contributed by atoms with Gasteiger partial charge in [0.2, 0.25) is 5.91 Å². The van der Waals surface area contributed by atoms with Gasteiger partial charge in [-0.3, -0.25) is 4.79 Å². The molecule has 2 aliphatic heterocycles. The second-order valence-electron chi connectivity index (χ2n) is 10.5. The van der Waals surface area contributed by atoms with Crippen molar-refractivity contribution in [1.82, 2.24) is 20.2 Å². The minimum absolute atomic E-state index is 0. The molecule has 0 unspecified atom stereocenters. The van der Waals surface area contributed by atoms with Crippen LogP contribution in [0, 0.1) is 18.3 Å². The number of H-pyrrole nitrogens is 1. The number of benzene rings is 2. The van der Waals surface area contributed by atoms with E-state index in [-0.39, 0.29) is 63.8 Å². The van der Waals surface area contributed by atoms with Crippen molar-refractivity contribution < 1.29 is 19.1 Å². The minimum Gasteiger partial charge on any atom is -0.453 e. The molecular weight excluding hydrogens is 541 g/mol. The molecule has 1 aromatic heterocycles. The maximum atomic E-state index is 13.9. The van der Waals surface area contributed by atoms with Gasteiger partial charge >= 0.3 is 6.09 Å². The average Bonchev–Trinajstić information content (AvgIpc) is 3.44. The summed E-state index contributed by atoms with van der Waals surface area (Å²) in [5.41, 5.74) is 2.97. The molecule has 1 spiro atoms. The molecule has 0 radical (unpaired) electrons. The van der Waals surface area contributed by atoms with Gasteiger partial charge in [-0.15, -0.1) is 0 Å². The van der Waals surface area contributed by atoms with E-state index in [0.717, 1.165) is 53.5 Å². The zero-order valence-electron chi connectivity index (χ0n) is 22.4. The van der Waals surface area contributed by atoms with Crippen molar-refractivity contribution in [3.63, 3.8) is 0 Å². The van der Waals surface area contributed by atoms with E-state index < -0.39 is 12.1 Å². The van der Waals surface area contributed by atoms with Gasteiger partial charge in [0.15, 0.2) is 0 Å². The molecule has 38 heavy (non-hydrogen) atoms. The maximum Gasteiger partial charge on any atom is 0.407 e. The molecular formula is C27H40N4O4S3. The second kappa shape index (κ2) is 12.8. The predicted octanol–water partition coefficient (Wildman–Crippen LogP) is 4.81. The third kappa shape index (κ3) is 6.05. The minimum atomic E-state index is -0.683. The smallest absolute Gasteiger partial charge is 0.407 e. The zero-order valence-corrected chi connectivity index (χ0v) is 25.4. The van der Waals surface area contributed by atoms with E-state index in [4.69, 9.17) is 14.5 Å². The van der Waals surface area contributed by atoms with Crippen molar-refractivity contribution in [2.75, 3.05) is 26.9 Å². The summed E-state index contributed by atoms with van der Waals surface area (Å²) in [6.07, 6.45) is 2.16. The molecule has 3 aromatic rings. The molecule has 8 nitrogen and oxygen atoms in total. The number of carbonyl (C=O) groups is 2. The molecule has 11 heteroatoms. The highest BCUT2D eigenvalue weighted by molar-refractivity contribution is 7.59. The van der Waals surface area contributed by atoms with Crippen LogP contribution in [0.2, 0.25) is 0 Å². The normalized spacial score (nSPS) is 21.5. The number of aryl methyl sites for hydroxylation is 1. The number of hydrogen-bond acceptors (Lipinski definition) is 5. The van der Waals surface area contributed by atoms with Crippen LogP contribution >= 0.6 is 40.5 Å². The number of aromatic nitrogens is 2. The lowest BCUT2D eigenvalue weighted by molar-refractivity contribution is -0.136. The SMILES string of the molecule is COC(=O)N[C@H](C(=O)N1C[C@]2(CCCOC2)C[C@H]1c1nc2c(ccc3cc(C)ccc32)[nH]1)C(C)C.S.S.S. The first-order chi connectivity index (χ1) is 16.8. The van der Waals surface area contributed by atoms with Crippen molar-refractivity contribution >= 4 is 74.3 Å². The predicted molar refractivity (Wildman–Crippen MR) is 165 cm³/mol. The van der Waals surface area contributed by atoms with Crippen molar-refractivity contribution in [1.29, 1.82) is 0 Å². The zero-order chi connectivity index (χ0) is 24.7. The fraction of sp³-hybridized carbons (Fsp3) is 0.519. The number of nitrogens with zero attached hydrogens (tertiary/aromatic N) is 2. The Balaban J connectivity index is 0.00000169. The molecule has 2 amide bonds. The summed E-state index contributed by atoms with van der Waals surface area (Å²) in [5, 5.41) is 4.99. The van der Waals surface area contributed by atoms with Crippen LogP contribution in [0.4, 0.5) is 4.79 Å². The van der Waals surface area contributed by atoms with Gasteiger partial charge in [0.25, 0.3) is 0 Å². The van der Waals surface area contributed by atoms with Crippen LogP contribution in [-0.4, -0.2) is 59.8 Å². The number of nitrogens with one attached hydrogen (secondary N) is 2. The first-order valence-electron chi connectivity index (χ1n) is 12.4. The maximum absolute atomic E-state index is 13.9. The van der Waals surface area contributed by atoms with Gasteiger partial charge in [-0.1, -0.05) is 43.7 Å². The largest absolute Gasteiger partial charge is 0.453 e. The molecule has 5 rings (SSSR count). The molecule has 2 fully saturated rings. The number of rotatable bonds is 4. The van der Waals surface area contributed by atoms with E-state index in [1.807, 2.05) is 18.7 Å². The highest BCUT2D eigenvalue weighted by atomic mass is 32.1. The molecule has 3 heterocycles. The van der Waals surface area contributed by atoms with Gasteiger partial charge in [-0.05, 0) is 43.6 Å². The van der Waals surface area contributed by atoms with Gasteiger partial charge in [-0.2, -0.15) is 40.5 Å². The van der Waals surface area contributed by atoms with Crippen LogP contribution in [0.1, 0.15) is 50.5 Å². The molecule has 0 bridgehead atoms. The number of hydrogen-bond donors (Lipinski definition) is 2. The molecule has 2 aromatic carbocycles. The summed E-state index contributed by atoms with van der Waals surface area (Å²) >= 11 is 0. The lowest BCUT2D eigenvalue weighted by Gasteiger charge is -2.33. The lowest BCUT2D eigenvalue weighted by Crippen LogP contribution is -2.51. The number of aromatic amines is 1. The Morgan fingerprint density at radius 3 is 2.63 bits per heavy atom. The summed E-state index contributed by atoms with van der Waals surface area (Å²) in [5.74, 6) is 0.576. The van der Waals surface area contributed by atoms with Crippen molar-refractivity contribution in [3.05, 3.63) is 41.7 Å². The Bertz CT molecular complexity index is 1280. The van der Waals surface area contributed by atoms with Gasteiger partial charge in [0, 0.05) is 24.0 Å². The fourth-order valence-corrected chi connectivity index (χ4v) is 5.70. The van der Waals surface area contributed by atoms with Gasteiger partial charge < -0.3 is 24.7 Å². The molecule has 0 saturated carbocycles. The van der Waals surface area contributed by atoms with Crippen molar-refractivity contribution in [2.45, 2.75) is 52.1 Å². The summed E-state index contributed by atoms with van der Waals surface area (Å²) < 4.78 is 10.7. The van der Waals surface area contributed by atoms with Crippen molar-refractivity contribution in [3.8, 4) is 0 Å². The number of fused-ring (bicyclic) bond motifs is 3.